The van der Waals surface area contributed by atoms with E-state index in [1.807, 2.05) is 61.5 Å². The summed E-state index contributed by atoms with van der Waals surface area (Å²) in [5.74, 6) is 0.405. The van der Waals surface area contributed by atoms with E-state index in [9.17, 15) is 4.79 Å². The van der Waals surface area contributed by atoms with Crippen LogP contribution in [0.1, 0.15) is 59.1 Å². The quantitative estimate of drug-likeness (QED) is 0.197. The zero-order chi connectivity index (χ0) is 27.0. The van der Waals surface area contributed by atoms with Crippen LogP contribution in [0, 0.1) is 5.92 Å². The van der Waals surface area contributed by atoms with Crippen LogP contribution >= 0.6 is 0 Å². The predicted octanol–water partition coefficient (Wildman–Crippen LogP) is 7.19. The van der Waals surface area contributed by atoms with Gasteiger partial charge < -0.3 is 23.4 Å². The van der Waals surface area contributed by atoms with Crippen molar-refractivity contribution in [2.75, 3.05) is 7.11 Å². The van der Waals surface area contributed by atoms with Gasteiger partial charge in [-0.05, 0) is 54.7 Å². The first-order valence-electron chi connectivity index (χ1n) is 12.9. The lowest BCUT2D eigenvalue weighted by atomic mass is 9.83. The maximum Gasteiger partial charge on any atom is 0.192 e. The number of carbonyl (C=O) groups excluding carboxylic acids is 1. The van der Waals surface area contributed by atoms with Crippen LogP contribution in [0.5, 0.6) is 5.75 Å². The second kappa shape index (κ2) is 13.0. The molecule has 0 aliphatic carbocycles. The summed E-state index contributed by atoms with van der Waals surface area (Å²) in [5, 5.41) is 0.0382. The monoisotopic (exact) mass is 514 g/mol. The van der Waals surface area contributed by atoms with Crippen molar-refractivity contribution in [3.8, 4) is 5.75 Å². The van der Waals surface area contributed by atoms with E-state index in [1.54, 1.807) is 7.11 Å². The van der Waals surface area contributed by atoms with Gasteiger partial charge in [-0.1, -0.05) is 77.1 Å². The fourth-order valence-electron chi connectivity index (χ4n) is 4.13. The summed E-state index contributed by atoms with van der Waals surface area (Å²) in [6.07, 6.45) is 0.953. The lowest BCUT2D eigenvalue weighted by Crippen LogP contribution is -2.59. The molecular weight excluding hydrogens is 468 g/mol. The number of aldehydes is 1. The number of methoxy groups -OCH3 is 1. The Kier molecular flexibility index (Phi) is 10.9. The van der Waals surface area contributed by atoms with E-state index in [0.29, 0.717) is 13.2 Å². The summed E-state index contributed by atoms with van der Waals surface area (Å²) < 4.78 is 25.5. The third-order valence-electron chi connectivity index (χ3n) is 7.49. The molecule has 0 spiro atoms. The van der Waals surface area contributed by atoms with Gasteiger partial charge in [-0.3, -0.25) is 0 Å². The third-order valence-corrected chi connectivity index (χ3v) is 12.0. The minimum absolute atomic E-state index is 0.0382. The molecule has 0 N–H and O–H groups in total. The summed E-state index contributed by atoms with van der Waals surface area (Å²) in [6, 6.07) is 17.9. The molecule has 2 aromatic carbocycles. The van der Waals surface area contributed by atoms with Crippen molar-refractivity contribution in [1.82, 2.24) is 0 Å². The highest BCUT2D eigenvalue weighted by Crippen LogP contribution is 2.41. The number of ether oxygens (including phenoxy) is 3. The highest BCUT2D eigenvalue weighted by molar-refractivity contribution is 6.74. The molecule has 0 aromatic heterocycles. The van der Waals surface area contributed by atoms with E-state index in [2.05, 4.69) is 47.7 Å². The van der Waals surface area contributed by atoms with Crippen molar-refractivity contribution in [2.24, 2.45) is 5.92 Å². The number of hydrogen-bond acceptors (Lipinski definition) is 5. The molecule has 0 unspecified atom stereocenters. The molecule has 200 valence electrons. The molecular formula is C30H46O5Si. The van der Waals surface area contributed by atoms with Crippen molar-refractivity contribution in [1.29, 1.82) is 0 Å². The molecule has 6 heteroatoms. The molecule has 0 heterocycles. The second-order valence-corrected chi connectivity index (χ2v) is 16.1. The summed E-state index contributed by atoms with van der Waals surface area (Å²) >= 11 is 0. The van der Waals surface area contributed by atoms with Crippen molar-refractivity contribution >= 4 is 14.6 Å². The third kappa shape index (κ3) is 7.75. The van der Waals surface area contributed by atoms with Gasteiger partial charge in [0.1, 0.15) is 17.6 Å². The molecule has 0 aliphatic rings. The van der Waals surface area contributed by atoms with Gasteiger partial charge in [-0.15, -0.1) is 0 Å². The molecule has 4 atom stereocenters. The maximum atomic E-state index is 12.1. The molecule has 36 heavy (non-hydrogen) atoms. The van der Waals surface area contributed by atoms with E-state index in [-0.39, 0.29) is 17.1 Å². The molecule has 0 bridgehead atoms. The maximum absolute atomic E-state index is 12.1. The topological polar surface area (TPSA) is 54.0 Å². The summed E-state index contributed by atoms with van der Waals surface area (Å²) in [6.45, 7) is 18.0. The first-order chi connectivity index (χ1) is 16.9. The molecule has 5 nitrogen and oxygen atoms in total. The van der Waals surface area contributed by atoms with Gasteiger partial charge in [-0.25, -0.2) is 0 Å². The average molecular weight is 515 g/mol. The van der Waals surface area contributed by atoms with E-state index in [1.165, 1.54) is 0 Å². The standard InChI is InChI=1S/C30H46O5Si/c1-10-27(35-36(8,9)29(3,4)5)30(6,34-22-24-14-12-11-13-15-24)28(23(2)20-31)33-21-25-16-18-26(32-7)19-17-25/h11-20,23,27-28H,10,21-22H2,1-9H3/t23-,27-,28-,30-/m1/s1. The normalized spacial score (nSPS) is 16.6. The summed E-state index contributed by atoms with van der Waals surface area (Å²) in [4.78, 5) is 12.1. The largest absolute Gasteiger partial charge is 0.497 e. The van der Waals surface area contributed by atoms with Crippen molar-refractivity contribution in [3.63, 3.8) is 0 Å². The summed E-state index contributed by atoms with van der Waals surface area (Å²) in [7, 11) is -0.484. The van der Waals surface area contributed by atoms with Crippen LogP contribution in [-0.4, -0.2) is 39.5 Å². The number of rotatable bonds is 14. The van der Waals surface area contributed by atoms with Gasteiger partial charge in [0.2, 0.25) is 0 Å². The Bertz CT molecular complexity index is 923. The Morgan fingerprint density at radius 3 is 2.00 bits per heavy atom. The lowest BCUT2D eigenvalue weighted by Gasteiger charge is -2.48. The SMILES string of the molecule is CC[C@@H](O[Si](C)(C)C(C)(C)C)[C@@](C)(OCc1ccccc1)[C@H](OCc1ccc(OC)cc1)[C@H](C)C=O. The van der Waals surface area contributed by atoms with E-state index >= 15 is 0 Å². The zero-order valence-corrected chi connectivity index (χ0v) is 24.7. The zero-order valence-electron chi connectivity index (χ0n) is 23.7. The van der Waals surface area contributed by atoms with Crippen LogP contribution in [-0.2, 0) is 31.9 Å². The van der Waals surface area contributed by atoms with Gasteiger partial charge in [0.05, 0.1) is 32.5 Å². The molecule has 0 aliphatic heterocycles. The Labute approximate surface area is 219 Å². The van der Waals surface area contributed by atoms with Crippen molar-refractivity contribution < 1.29 is 23.4 Å². The Hall–Kier alpha value is -1.99. The Morgan fingerprint density at radius 1 is 0.917 bits per heavy atom. The molecule has 0 radical (unpaired) electrons. The molecule has 0 fully saturated rings. The minimum Gasteiger partial charge on any atom is -0.497 e. The Morgan fingerprint density at radius 2 is 1.50 bits per heavy atom. The molecule has 2 rings (SSSR count). The lowest BCUT2D eigenvalue weighted by molar-refractivity contribution is -0.205. The van der Waals surface area contributed by atoms with Crippen LogP contribution in [0.25, 0.3) is 0 Å². The van der Waals surface area contributed by atoms with Crippen LogP contribution in [0.2, 0.25) is 18.1 Å². The molecule has 0 saturated heterocycles. The average Bonchev–Trinajstić information content (AvgIpc) is 2.86. The fourth-order valence-corrected chi connectivity index (χ4v) is 5.59. The van der Waals surface area contributed by atoms with Crippen molar-refractivity contribution in [3.05, 3.63) is 65.7 Å². The van der Waals surface area contributed by atoms with E-state index in [0.717, 1.165) is 29.6 Å². The van der Waals surface area contributed by atoms with Crippen molar-refractivity contribution in [2.45, 2.75) is 97.1 Å². The second-order valence-electron chi connectivity index (χ2n) is 11.3. The van der Waals surface area contributed by atoms with Crippen LogP contribution < -0.4 is 4.74 Å². The minimum atomic E-state index is -2.13. The van der Waals surface area contributed by atoms with Crippen LogP contribution in [0.15, 0.2) is 54.6 Å². The van der Waals surface area contributed by atoms with Crippen LogP contribution in [0.3, 0.4) is 0 Å². The van der Waals surface area contributed by atoms with E-state index < -0.39 is 20.0 Å². The first kappa shape index (κ1) is 30.2. The number of benzene rings is 2. The molecule has 0 amide bonds. The fraction of sp³-hybridized carbons (Fsp3) is 0.567. The van der Waals surface area contributed by atoms with Gasteiger partial charge >= 0.3 is 0 Å². The van der Waals surface area contributed by atoms with E-state index in [4.69, 9.17) is 18.6 Å². The molecule has 2 aromatic rings. The number of hydrogen-bond donors (Lipinski definition) is 0. The Balaban J connectivity index is 2.43. The highest BCUT2D eigenvalue weighted by atomic mass is 28.4. The summed E-state index contributed by atoms with van der Waals surface area (Å²) in [5.41, 5.74) is 1.22. The molecule has 0 saturated carbocycles. The van der Waals surface area contributed by atoms with Gasteiger partial charge in [0.25, 0.3) is 0 Å². The number of carbonyl (C=O) groups is 1. The smallest absolute Gasteiger partial charge is 0.192 e. The predicted molar refractivity (Wildman–Crippen MR) is 149 cm³/mol. The highest BCUT2D eigenvalue weighted by Gasteiger charge is 2.50. The van der Waals surface area contributed by atoms with Gasteiger partial charge in [0, 0.05) is 5.92 Å². The first-order valence-corrected chi connectivity index (χ1v) is 15.8. The van der Waals surface area contributed by atoms with Gasteiger partial charge in [0.15, 0.2) is 8.32 Å². The van der Waals surface area contributed by atoms with Gasteiger partial charge in [-0.2, -0.15) is 0 Å². The van der Waals surface area contributed by atoms with Crippen LogP contribution in [0.4, 0.5) is 0 Å².